The van der Waals surface area contributed by atoms with Gasteiger partial charge >= 0.3 is 5.97 Å². The molecular formula is C11H10N4O3. The molecule has 2 aromatic rings. The Labute approximate surface area is 102 Å². The molecule has 2 rings (SSSR count). The van der Waals surface area contributed by atoms with E-state index < -0.39 is 11.9 Å². The van der Waals surface area contributed by atoms with Crippen molar-refractivity contribution in [1.29, 1.82) is 0 Å². The number of amides is 1. The number of aromatic amines is 1. The number of imidazole rings is 1. The first-order chi connectivity index (χ1) is 8.66. The van der Waals surface area contributed by atoms with Crippen LogP contribution in [-0.4, -0.2) is 31.9 Å². The number of H-pyrrole nitrogens is 1. The molecular weight excluding hydrogens is 236 g/mol. The van der Waals surface area contributed by atoms with E-state index in [9.17, 15) is 9.59 Å². The first kappa shape index (κ1) is 11.8. The summed E-state index contributed by atoms with van der Waals surface area (Å²) in [5.74, 6) is -1.61. The summed E-state index contributed by atoms with van der Waals surface area (Å²) >= 11 is 0. The highest BCUT2D eigenvalue weighted by Gasteiger charge is 2.10. The van der Waals surface area contributed by atoms with Crippen molar-refractivity contribution >= 4 is 11.9 Å². The lowest BCUT2D eigenvalue weighted by molar-refractivity contribution is 0.0690. The molecule has 7 heteroatoms. The molecule has 0 saturated heterocycles. The molecule has 0 bridgehead atoms. The molecule has 3 N–H and O–H groups in total. The average molecular weight is 246 g/mol. The highest BCUT2D eigenvalue weighted by atomic mass is 16.4. The SMILES string of the molecule is O=C(O)c1cccc(C(=O)NCc2cnc[nH]2)n1. The molecule has 0 unspecified atom stereocenters. The molecule has 2 aromatic heterocycles. The van der Waals surface area contributed by atoms with Gasteiger partial charge in [-0.25, -0.2) is 14.8 Å². The molecule has 2 heterocycles. The van der Waals surface area contributed by atoms with Crippen molar-refractivity contribution in [1.82, 2.24) is 20.3 Å². The van der Waals surface area contributed by atoms with Crippen LogP contribution in [0.15, 0.2) is 30.7 Å². The molecule has 0 spiro atoms. The van der Waals surface area contributed by atoms with Crippen LogP contribution >= 0.6 is 0 Å². The molecule has 0 aliphatic carbocycles. The molecule has 0 aliphatic heterocycles. The van der Waals surface area contributed by atoms with E-state index in [4.69, 9.17) is 5.11 Å². The minimum atomic E-state index is -1.17. The van der Waals surface area contributed by atoms with Crippen molar-refractivity contribution in [2.75, 3.05) is 0 Å². The van der Waals surface area contributed by atoms with Crippen LogP contribution in [-0.2, 0) is 6.54 Å². The number of aromatic nitrogens is 3. The molecule has 7 nitrogen and oxygen atoms in total. The number of hydrogen-bond donors (Lipinski definition) is 3. The zero-order chi connectivity index (χ0) is 13.0. The van der Waals surface area contributed by atoms with E-state index in [2.05, 4.69) is 20.3 Å². The number of carboxylic acid groups (broad SMARTS) is 1. The van der Waals surface area contributed by atoms with Gasteiger partial charge in [-0.1, -0.05) is 6.07 Å². The second-order valence-electron chi connectivity index (χ2n) is 3.47. The van der Waals surface area contributed by atoms with Gasteiger partial charge in [0.05, 0.1) is 18.6 Å². The van der Waals surface area contributed by atoms with E-state index in [1.54, 1.807) is 6.20 Å². The van der Waals surface area contributed by atoms with Crippen molar-refractivity contribution in [2.45, 2.75) is 6.54 Å². The summed E-state index contributed by atoms with van der Waals surface area (Å²) in [6, 6.07) is 4.25. The predicted molar refractivity (Wildman–Crippen MR) is 61.0 cm³/mol. The van der Waals surface area contributed by atoms with Crippen LogP contribution in [0.3, 0.4) is 0 Å². The molecule has 0 fully saturated rings. The van der Waals surface area contributed by atoms with E-state index >= 15 is 0 Å². The predicted octanol–water partition coefficient (Wildman–Crippen LogP) is 0.433. The maximum absolute atomic E-state index is 11.7. The maximum Gasteiger partial charge on any atom is 0.354 e. The smallest absolute Gasteiger partial charge is 0.354 e. The quantitative estimate of drug-likeness (QED) is 0.725. The highest BCUT2D eigenvalue weighted by molar-refractivity contribution is 5.94. The molecule has 92 valence electrons. The van der Waals surface area contributed by atoms with Gasteiger partial charge in [-0.3, -0.25) is 4.79 Å². The zero-order valence-electron chi connectivity index (χ0n) is 9.25. The van der Waals surface area contributed by atoms with Crippen LogP contribution < -0.4 is 5.32 Å². The maximum atomic E-state index is 11.7. The summed E-state index contributed by atoms with van der Waals surface area (Å²) in [4.78, 5) is 32.8. The van der Waals surface area contributed by atoms with Crippen molar-refractivity contribution in [3.05, 3.63) is 47.8 Å². The van der Waals surface area contributed by atoms with Gasteiger partial charge < -0.3 is 15.4 Å². The topological polar surface area (TPSA) is 108 Å². The largest absolute Gasteiger partial charge is 0.477 e. The van der Waals surface area contributed by atoms with E-state index in [0.717, 1.165) is 5.69 Å². The number of carboxylic acids is 1. The third-order valence-corrected chi connectivity index (χ3v) is 2.20. The summed E-state index contributed by atoms with van der Waals surface area (Å²) in [7, 11) is 0. The fourth-order valence-corrected chi connectivity index (χ4v) is 1.33. The Balaban J connectivity index is 2.04. The van der Waals surface area contributed by atoms with Gasteiger partial charge in [0, 0.05) is 6.20 Å². The molecule has 0 aliphatic rings. The van der Waals surface area contributed by atoms with Gasteiger partial charge in [0.1, 0.15) is 11.4 Å². The molecule has 1 amide bonds. The Bertz CT molecular complexity index is 565. The average Bonchev–Trinajstić information content (AvgIpc) is 2.89. The fourth-order valence-electron chi connectivity index (χ4n) is 1.33. The van der Waals surface area contributed by atoms with Crippen LogP contribution in [0.2, 0.25) is 0 Å². The monoisotopic (exact) mass is 246 g/mol. The summed E-state index contributed by atoms with van der Waals surface area (Å²) in [6.07, 6.45) is 3.09. The minimum absolute atomic E-state index is 0.0643. The third kappa shape index (κ3) is 2.70. The lowest BCUT2D eigenvalue weighted by Gasteiger charge is -2.03. The summed E-state index contributed by atoms with van der Waals surface area (Å²) in [5.41, 5.74) is 0.649. The number of carbonyl (C=O) groups is 2. The van der Waals surface area contributed by atoms with Crippen LogP contribution in [0.25, 0.3) is 0 Å². The summed E-state index contributed by atoms with van der Waals surface area (Å²) in [5, 5.41) is 11.4. The molecule has 18 heavy (non-hydrogen) atoms. The molecule has 0 radical (unpaired) electrons. The summed E-state index contributed by atoms with van der Waals surface area (Å²) < 4.78 is 0. The Morgan fingerprint density at radius 2 is 2.11 bits per heavy atom. The molecule has 0 atom stereocenters. The van der Waals surface area contributed by atoms with Gasteiger partial charge in [-0.05, 0) is 12.1 Å². The standard InChI is InChI=1S/C11H10N4O3/c16-10(13-5-7-4-12-6-14-7)8-2-1-3-9(15-8)11(17)18/h1-4,6H,5H2,(H,12,14)(H,13,16)(H,17,18). The number of nitrogens with one attached hydrogen (secondary N) is 2. The Hall–Kier alpha value is -2.70. The summed E-state index contributed by atoms with van der Waals surface area (Å²) in [6.45, 7) is 0.276. The first-order valence-electron chi connectivity index (χ1n) is 5.12. The zero-order valence-corrected chi connectivity index (χ0v) is 9.25. The van der Waals surface area contributed by atoms with Crippen molar-refractivity contribution in [3.63, 3.8) is 0 Å². The van der Waals surface area contributed by atoms with Gasteiger partial charge in [0.15, 0.2) is 0 Å². The Kier molecular flexibility index (Phi) is 3.33. The van der Waals surface area contributed by atoms with E-state index in [1.807, 2.05) is 0 Å². The second-order valence-corrected chi connectivity index (χ2v) is 3.47. The highest BCUT2D eigenvalue weighted by Crippen LogP contribution is 2.00. The number of nitrogens with zero attached hydrogens (tertiary/aromatic N) is 2. The molecule has 0 saturated carbocycles. The Morgan fingerprint density at radius 1 is 1.33 bits per heavy atom. The number of pyridine rings is 1. The van der Waals surface area contributed by atoms with Crippen molar-refractivity contribution in [3.8, 4) is 0 Å². The number of aromatic carboxylic acids is 1. The van der Waals surface area contributed by atoms with E-state index in [-0.39, 0.29) is 17.9 Å². The van der Waals surface area contributed by atoms with Crippen LogP contribution in [0.5, 0.6) is 0 Å². The van der Waals surface area contributed by atoms with Crippen LogP contribution in [0, 0.1) is 0 Å². The number of hydrogen-bond acceptors (Lipinski definition) is 4. The van der Waals surface area contributed by atoms with Gasteiger partial charge in [0.25, 0.3) is 5.91 Å². The second kappa shape index (κ2) is 5.09. The lowest BCUT2D eigenvalue weighted by atomic mass is 10.3. The van der Waals surface area contributed by atoms with E-state index in [1.165, 1.54) is 24.5 Å². The first-order valence-corrected chi connectivity index (χ1v) is 5.12. The number of rotatable bonds is 4. The van der Waals surface area contributed by atoms with Crippen LogP contribution in [0.1, 0.15) is 26.7 Å². The third-order valence-electron chi connectivity index (χ3n) is 2.20. The Morgan fingerprint density at radius 3 is 2.78 bits per heavy atom. The minimum Gasteiger partial charge on any atom is -0.477 e. The van der Waals surface area contributed by atoms with Crippen LogP contribution in [0.4, 0.5) is 0 Å². The van der Waals surface area contributed by atoms with Crippen molar-refractivity contribution in [2.24, 2.45) is 0 Å². The van der Waals surface area contributed by atoms with Gasteiger partial charge in [0.2, 0.25) is 0 Å². The molecule has 0 aromatic carbocycles. The van der Waals surface area contributed by atoms with Gasteiger partial charge in [-0.2, -0.15) is 0 Å². The fraction of sp³-hybridized carbons (Fsp3) is 0.0909. The normalized spacial score (nSPS) is 10.0. The van der Waals surface area contributed by atoms with Gasteiger partial charge in [-0.15, -0.1) is 0 Å². The number of carbonyl (C=O) groups excluding carboxylic acids is 1. The van der Waals surface area contributed by atoms with E-state index in [0.29, 0.717) is 0 Å². The van der Waals surface area contributed by atoms with Crippen molar-refractivity contribution < 1.29 is 14.7 Å². The lowest BCUT2D eigenvalue weighted by Crippen LogP contribution is -2.24.